The van der Waals surface area contributed by atoms with Crippen molar-refractivity contribution in [1.29, 1.82) is 0 Å². The van der Waals surface area contributed by atoms with Gasteiger partial charge in [-0.1, -0.05) is 338 Å². The molecule has 0 aromatic rings. The summed E-state index contributed by atoms with van der Waals surface area (Å²) in [5, 5.41) is 14.0. The Bertz CT molecular complexity index is 1500. The summed E-state index contributed by atoms with van der Waals surface area (Å²) in [7, 11) is 1.58. The van der Waals surface area contributed by atoms with Crippen molar-refractivity contribution in [2.45, 2.75) is 353 Å². The van der Waals surface area contributed by atoms with Crippen LogP contribution < -0.4 is 5.32 Å². The van der Waals surface area contributed by atoms with E-state index >= 15 is 0 Å². The first-order valence-electron chi connectivity index (χ1n) is 35.2. The molecule has 0 saturated carbocycles. The zero-order valence-corrected chi connectivity index (χ0v) is 55.4. The van der Waals surface area contributed by atoms with Crippen molar-refractivity contribution < 1.29 is 32.9 Å². The highest BCUT2D eigenvalue weighted by Crippen LogP contribution is 2.43. The van der Waals surface area contributed by atoms with E-state index in [1.807, 2.05) is 27.2 Å². The minimum Gasteiger partial charge on any atom is -0.387 e. The van der Waals surface area contributed by atoms with E-state index in [9.17, 15) is 19.4 Å². The summed E-state index contributed by atoms with van der Waals surface area (Å²) in [4.78, 5) is 23.4. The van der Waals surface area contributed by atoms with Gasteiger partial charge in [0.15, 0.2) is 0 Å². The number of phosphoric ester groups is 1. The number of nitrogens with one attached hydrogen (secondary N) is 1. The molecule has 0 saturated heterocycles. The normalized spacial score (nSPS) is 14.0. The van der Waals surface area contributed by atoms with Crippen LogP contribution in [0.2, 0.25) is 0 Å². The fourth-order valence-electron chi connectivity index (χ4n) is 10.6. The van der Waals surface area contributed by atoms with E-state index in [0.29, 0.717) is 17.4 Å². The lowest BCUT2D eigenvalue weighted by atomic mass is 10.0. The molecular formula is C72H138N2O6P+. The summed E-state index contributed by atoms with van der Waals surface area (Å²) < 4.78 is 23.8. The van der Waals surface area contributed by atoms with E-state index in [1.54, 1.807) is 6.08 Å². The average molecular weight is 1160 g/mol. The molecule has 3 unspecified atom stereocenters. The van der Waals surface area contributed by atoms with Crippen LogP contribution in [0.3, 0.4) is 0 Å². The summed E-state index contributed by atoms with van der Waals surface area (Å²) in [6.45, 7) is 4.75. The highest BCUT2D eigenvalue weighted by Gasteiger charge is 2.28. The van der Waals surface area contributed by atoms with Crippen LogP contribution in [0.25, 0.3) is 0 Å². The molecule has 0 aliphatic carbocycles. The number of amides is 1. The maximum absolute atomic E-state index is 13.1. The number of allylic oxidation sites excluding steroid dienone is 9. The molecule has 0 heterocycles. The fraction of sp³-hybridized carbons (Fsp3) is 0.847. The van der Waals surface area contributed by atoms with Gasteiger partial charge >= 0.3 is 7.82 Å². The van der Waals surface area contributed by atoms with Crippen LogP contribution in [-0.4, -0.2) is 73.4 Å². The van der Waals surface area contributed by atoms with Crippen molar-refractivity contribution in [1.82, 2.24) is 5.32 Å². The first-order valence-corrected chi connectivity index (χ1v) is 36.7. The van der Waals surface area contributed by atoms with Gasteiger partial charge in [0.05, 0.1) is 39.9 Å². The lowest BCUT2D eigenvalue weighted by molar-refractivity contribution is -0.870. The molecule has 3 N–H and O–H groups in total. The van der Waals surface area contributed by atoms with Crippen LogP contribution in [0.15, 0.2) is 60.8 Å². The average Bonchev–Trinajstić information content (AvgIpc) is 3.43. The van der Waals surface area contributed by atoms with Gasteiger partial charge in [-0.15, -0.1) is 0 Å². The second kappa shape index (κ2) is 62.7. The van der Waals surface area contributed by atoms with E-state index in [4.69, 9.17) is 9.05 Å². The summed E-state index contributed by atoms with van der Waals surface area (Å²) in [6.07, 6.45) is 86.6. The van der Waals surface area contributed by atoms with Gasteiger partial charge in [0.1, 0.15) is 13.2 Å². The van der Waals surface area contributed by atoms with Crippen LogP contribution in [-0.2, 0) is 18.4 Å². The van der Waals surface area contributed by atoms with Gasteiger partial charge in [-0.25, -0.2) is 4.57 Å². The Balaban J connectivity index is 4.05. The summed E-state index contributed by atoms with van der Waals surface area (Å²) >= 11 is 0. The molecule has 0 rings (SSSR count). The molecule has 0 aromatic carbocycles. The molecule has 8 nitrogen and oxygen atoms in total. The maximum Gasteiger partial charge on any atom is 0.472 e. The Hall–Kier alpha value is -1.80. The Labute approximate surface area is 504 Å². The smallest absolute Gasteiger partial charge is 0.387 e. The predicted molar refractivity (Wildman–Crippen MR) is 355 cm³/mol. The summed E-state index contributed by atoms with van der Waals surface area (Å²) in [6, 6.07) is -0.851. The van der Waals surface area contributed by atoms with Gasteiger partial charge in [-0.3, -0.25) is 13.8 Å². The van der Waals surface area contributed by atoms with Crippen molar-refractivity contribution in [3.63, 3.8) is 0 Å². The number of rotatable bonds is 65. The van der Waals surface area contributed by atoms with Gasteiger partial charge in [0.25, 0.3) is 0 Å². The molecule has 81 heavy (non-hydrogen) atoms. The minimum atomic E-state index is -4.36. The lowest BCUT2D eigenvalue weighted by Crippen LogP contribution is -2.45. The Morgan fingerprint density at radius 3 is 1.09 bits per heavy atom. The van der Waals surface area contributed by atoms with Crippen molar-refractivity contribution in [2.75, 3.05) is 40.9 Å². The second-order valence-corrected chi connectivity index (χ2v) is 26.7. The van der Waals surface area contributed by atoms with Gasteiger partial charge in [-0.2, -0.15) is 0 Å². The van der Waals surface area contributed by atoms with Crippen LogP contribution in [0.5, 0.6) is 0 Å². The Morgan fingerprint density at radius 2 is 0.741 bits per heavy atom. The first-order chi connectivity index (χ1) is 39.5. The molecule has 0 fully saturated rings. The van der Waals surface area contributed by atoms with Crippen molar-refractivity contribution >= 4 is 13.7 Å². The summed E-state index contributed by atoms with van der Waals surface area (Å²) in [5.74, 6) is -0.174. The molecule has 476 valence electrons. The zero-order chi connectivity index (χ0) is 59.1. The molecule has 0 spiro atoms. The molecule has 9 heteroatoms. The zero-order valence-electron chi connectivity index (χ0n) is 54.5. The van der Waals surface area contributed by atoms with Crippen LogP contribution >= 0.6 is 7.82 Å². The van der Waals surface area contributed by atoms with Gasteiger partial charge in [-0.05, 0) is 57.8 Å². The number of carbonyl (C=O) groups is 1. The van der Waals surface area contributed by atoms with Crippen LogP contribution in [0.4, 0.5) is 0 Å². The molecule has 1 amide bonds. The lowest BCUT2D eigenvalue weighted by Gasteiger charge is -2.25. The number of phosphoric acid groups is 1. The van der Waals surface area contributed by atoms with Crippen LogP contribution in [0.1, 0.15) is 341 Å². The van der Waals surface area contributed by atoms with E-state index in [-0.39, 0.29) is 19.1 Å². The van der Waals surface area contributed by atoms with Gasteiger partial charge in [0.2, 0.25) is 5.91 Å². The van der Waals surface area contributed by atoms with Crippen LogP contribution in [0, 0.1) is 0 Å². The molecule has 3 atom stereocenters. The molecule has 0 aromatic heterocycles. The number of carbonyl (C=O) groups excluding carboxylic acids is 1. The number of quaternary nitrogens is 1. The number of aliphatic hydroxyl groups is 1. The maximum atomic E-state index is 13.1. The largest absolute Gasteiger partial charge is 0.472 e. The molecular weight excluding hydrogens is 1020 g/mol. The highest BCUT2D eigenvalue weighted by molar-refractivity contribution is 7.47. The number of aliphatic hydroxyl groups excluding tert-OH is 1. The molecule has 0 aliphatic rings. The third-order valence-electron chi connectivity index (χ3n) is 16.0. The van der Waals surface area contributed by atoms with E-state index < -0.39 is 20.0 Å². The standard InChI is InChI=1S/C72H137N2O6P/c1-6-8-10-12-14-16-18-20-22-24-26-28-30-32-34-35-36-37-38-40-41-43-45-47-49-51-53-55-57-59-61-63-65-71(75)70(69-80-81(77,78)79-68-67-74(3,4)5)73-72(76)66-64-62-60-58-56-54-52-50-48-46-44-42-39-33-31-29-27-25-23-21-19-17-15-13-11-9-7-2/h9,11,15,17,21,23,27,29,63,65,70-71,75H,6-8,10,12-14,16,18-20,22,24-26,28,30-62,64,66-69H2,1-5H3,(H-,73,76,77,78)/p+1/b11-9-,17-15-,23-21-,29-27-,65-63+. The Kier molecular flexibility index (Phi) is 61.3. The van der Waals surface area contributed by atoms with Crippen molar-refractivity contribution in [3.8, 4) is 0 Å². The molecule has 0 bridgehead atoms. The molecule has 0 radical (unpaired) electrons. The van der Waals surface area contributed by atoms with Gasteiger partial charge < -0.3 is 19.8 Å². The Morgan fingerprint density at radius 1 is 0.432 bits per heavy atom. The second-order valence-electron chi connectivity index (χ2n) is 25.2. The number of nitrogens with zero attached hydrogens (tertiary/aromatic N) is 1. The number of unbranched alkanes of at least 4 members (excludes halogenated alkanes) is 44. The molecule has 0 aliphatic heterocycles. The number of likely N-dealkylation sites (N-methyl/N-ethyl adjacent to an activating group) is 1. The van der Waals surface area contributed by atoms with Crippen molar-refractivity contribution in [2.24, 2.45) is 0 Å². The van der Waals surface area contributed by atoms with E-state index in [1.165, 1.54) is 257 Å². The summed E-state index contributed by atoms with van der Waals surface area (Å²) in [5.41, 5.74) is 0. The SMILES string of the molecule is CC/C=C\C/C=C\C/C=C\C/C=C\CCCCCCCCCCCCCCCCC(=O)NC(COP(=O)(O)OCC[N+](C)(C)C)C(O)/C=C/CCCCCCCCCCCCCCCCCCCCCCCCCCCCCCCC. The first kappa shape index (κ1) is 79.2. The number of hydrogen-bond acceptors (Lipinski definition) is 5. The third kappa shape index (κ3) is 65.6. The monoisotopic (exact) mass is 1160 g/mol. The van der Waals surface area contributed by atoms with Gasteiger partial charge in [0, 0.05) is 6.42 Å². The fourth-order valence-corrected chi connectivity index (χ4v) is 11.3. The topological polar surface area (TPSA) is 105 Å². The van der Waals surface area contributed by atoms with E-state index in [0.717, 1.165) is 64.2 Å². The van der Waals surface area contributed by atoms with E-state index in [2.05, 4.69) is 67.8 Å². The highest BCUT2D eigenvalue weighted by atomic mass is 31.2. The number of hydrogen-bond donors (Lipinski definition) is 3. The quantitative estimate of drug-likeness (QED) is 0.0243. The minimum absolute atomic E-state index is 0.0609. The third-order valence-corrected chi connectivity index (χ3v) is 17.0. The van der Waals surface area contributed by atoms with Crippen molar-refractivity contribution in [3.05, 3.63) is 60.8 Å². The predicted octanol–water partition coefficient (Wildman–Crippen LogP) is 22.4.